The highest BCUT2D eigenvalue weighted by atomic mass is 19.1. The Balaban J connectivity index is 1.96. The van der Waals surface area contributed by atoms with E-state index in [0.717, 1.165) is 11.6 Å². The van der Waals surface area contributed by atoms with Crippen molar-refractivity contribution in [2.75, 3.05) is 0 Å². The van der Waals surface area contributed by atoms with E-state index in [1.165, 1.54) is 33.9 Å². The Morgan fingerprint density at radius 2 is 1.39 bits per heavy atom. The van der Waals surface area contributed by atoms with Gasteiger partial charge in [0.05, 0.1) is 11.8 Å². The lowest BCUT2D eigenvalue weighted by atomic mass is 9.83. The predicted octanol–water partition coefficient (Wildman–Crippen LogP) is 7.47. The molecular weight excluding hydrogens is 414 g/mol. The number of rotatable bonds is 5. The molecule has 0 N–H and O–H groups in total. The lowest BCUT2D eigenvalue weighted by Crippen LogP contribution is -2.37. The molecule has 0 saturated carbocycles. The van der Waals surface area contributed by atoms with E-state index < -0.39 is 11.6 Å². The van der Waals surface area contributed by atoms with Gasteiger partial charge in [-0.25, -0.2) is 8.78 Å². The summed E-state index contributed by atoms with van der Waals surface area (Å²) in [6.07, 6.45) is 3.98. The molecule has 0 aliphatic rings. The molecule has 0 unspecified atom stereocenters. The number of aromatic nitrogens is 2. The Morgan fingerprint density at radius 3 is 1.94 bits per heavy atom. The molecule has 2 nitrogen and oxygen atoms in total. The summed E-state index contributed by atoms with van der Waals surface area (Å²) in [6, 6.07) is 17.3. The molecule has 4 heteroatoms. The summed E-state index contributed by atoms with van der Waals surface area (Å²) in [5.74, 6) is -0.527. The molecule has 0 aliphatic carbocycles. The zero-order valence-electron chi connectivity index (χ0n) is 20.2. The summed E-state index contributed by atoms with van der Waals surface area (Å²) in [4.78, 5) is 0. The van der Waals surface area contributed by atoms with Crippen LogP contribution in [0.5, 0.6) is 0 Å². The highest BCUT2D eigenvalue weighted by Gasteiger charge is 2.24. The van der Waals surface area contributed by atoms with E-state index in [0.29, 0.717) is 23.1 Å². The van der Waals surface area contributed by atoms with Crippen molar-refractivity contribution < 1.29 is 13.5 Å². The minimum Gasteiger partial charge on any atom is -0.207 e. The van der Waals surface area contributed by atoms with Crippen molar-refractivity contribution >= 4 is 0 Å². The van der Waals surface area contributed by atoms with Crippen molar-refractivity contribution in [3.05, 3.63) is 95.3 Å². The normalized spacial score (nSPS) is 11.6. The summed E-state index contributed by atoms with van der Waals surface area (Å²) in [6.45, 7) is 10.6. The van der Waals surface area contributed by atoms with Crippen molar-refractivity contribution in [3.8, 4) is 27.9 Å². The van der Waals surface area contributed by atoms with Gasteiger partial charge in [-0.05, 0) is 58.2 Å². The van der Waals surface area contributed by atoms with Crippen LogP contribution in [0.25, 0.3) is 27.9 Å². The first kappa shape index (κ1) is 22.9. The number of halogens is 2. The molecule has 0 fully saturated rings. The van der Waals surface area contributed by atoms with Crippen molar-refractivity contribution in [1.82, 2.24) is 4.68 Å². The molecule has 0 spiro atoms. The minimum atomic E-state index is -0.571. The van der Waals surface area contributed by atoms with Crippen LogP contribution in [-0.4, -0.2) is 4.68 Å². The Hall–Kier alpha value is -3.27. The quantitative estimate of drug-likeness (QED) is 0.282. The lowest BCUT2D eigenvalue weighted by molar-refractivity contribution is -0.744. The third-order valence-electron chi connectivity index (χ3n) is 6.21. The first-order valence-corrected chi connectivity index (χ1v) is 11.4. The zero-order valence-corrected chi connectivity index (χ0v) is 20.2. The molecule has 1 aromatic heterocycles. The molecule has 0 radical (unpaired) electrons. The second kappa shape index (κ2) is 8.93. The van der Waals surface area contributed by atoms with Crippen LogP contribution < -0.4 is 4.68 Å². The Bertz CT molecular complexity index is 1250. The van der Waals surface area contributed by atoms with Gasteiger partial charge in [0.1, 0.15) is 11.5 Å². The van der Waals surface area contributed by atoms with E-state index in [9.17, 15) is 8.78 Å². The van der Waals surface area contributed by atoms with E-state index in [1.807, 2.05) is 30.2 Å². The van der Waals surface area contributed by atoms with Gasteiger partial charge in [0.25, 0.3) is 0 Å². The van der Waals surface area contributed by atoms with Crippen molar-refractivity contribution in [1.29, 1.82) is 0 Å². The standard InChI is InChI=1S/C29H31F2N2/c1-18(2)25-13-22(21-10-8-7-9-11-21)14-26(19(3)4)28(25)23-16-32(6)33(17-23)29-20(5)12-24(30)15-27(29)31/h7-19H,1-6H3/q+1. The second-order valence-corrected chi connectivity index (χ2v) is 9.39. The van der Waals surface area contributed by atoms with Crippen molar-refractivity contribution in [2.24, 2.45) is 7.05 Å². The highest BCUT2D eigenvalue weighted by Crippen LogP contribution is 2.39. The van der Waals surface area contributed by atoms with Gasteiger partial charge < -0.3 is 0 Å². The summed E-state index contributed by atoms with van der Waals surface area (Å²) < 4.78 is 32.1. The van der Waals surface area contributed by atoms with Crippen molar-refractivity contribution in [2.45, 2.75) is 46.5 Å². The Labute approximate surface area is 195 Å². The fourth-order valence-corrected chi connectivity index (χ4v) is 4.58. The maximum Gasteiger partial charge on any atom is 0.203 e. The number of hydrogen-bond acceptors (Lipinski definition) is 0. The van der Waals surface area contributed by atoms with Crippen LogP contribution in [0.2, 0.25) is 0 Å². The highest BCUT2D eigenvalue weighted by molar-refractivity contribution is 5.77. The van der Waals surface area contributed by atoms with Gasteiger partial charge in [-0.3, -0.25) is 0 Å². The number of hydrogen-bond donors (Lipinski definition) is 0. The fraction of sp³-hybridized carbons (Fsp3) is 0.276. The third-order valence-corrected chi connectivity index (χ3v) is 6.21. The van der Waals surface area contributed by atoms with E-state index in [1.54, 1.807) is 11.6 Å². The van der Waals surface area contributed by atoms with E-state index in [4.69, 9.17) is 0 Å². The van der Waals surface area contributed by atoms with Gasteiger partial charge in [-0.15, -0.1) is 9.36 Å². The topological polar surface area (TPSA) is 8.81 Å². The first-order chi connectivity index (χ1) is 15.7. The number of aryl methyl sites for hydroxylation is 2. The molecule has 0 amide bonds. The van der Waals surface area contributed by atoms with Crippen LogP contribution >= 0.6 is 0 Å². The molecular formula is C29H31F2N2+. The maximum atomic E-state index is 14.8. The summed E-state index contributed by atoms with van der Waals surface area (Å²) >= 11 is 0. The first-order valence-electron chi connectivity index (χ1n) is 11.4. The lowest BCUT2D eigenvalue weighted by Gasteiger charge is -2.20. The second-order valence-electron chi connectivity index (χ2n) is 9.39. The van der Waals surface area contributed by atoms with Crippen molar-refractivity contribution in [3.63, 3.8) is 0 Å². The van der Waals surface area contributed by atoms with E-state index >= 15 is 0 Å². The molecule has 0 atom stereocenters. The van der Waals surface area contributed by atoms with Gasteiger partial charge in [0.2, 0.25) is 6.20 Å². The monoisotopic (exact) mass is 445 g/mol. The molecule has 4 rings (SSSR count). The van der Waals surface area contributed by atoms with Crippen LogP contribution in [0.1, 0.15) is 56.2 Å². The molecule has 3 aromatic carbocycles. The molecule has 0 saturated heterocycles. The van der Waals surface area contributed by atoms with Crippen LogP contribution in [0.15, 0.2) is 67.0 Å². The van der Waals surface area contributed by atoms with E-state index in [2.05, 4.69) is 64.1 Å². The Morgan fingerprint density at radius 1 is 0.788 bits per heavy atom. The molecule has 170 valence electrons. The molecule has 4 aromatic rings. The summed E-state index contributed by atoms with van der Waals surface area (Å²) in [5.41, 5.74) is 8.04. The number of nitrogens with zero attached hydrogens (tertiary/aromatic N) is 2. The predicted molar refractivity (Wildman–Crippen MR) is 131 cm³/mol. The van der Waals surface area contributed by atoms with Gasteiger partial charge in [0, 0.05) is 6.07 Å². The van der Waals surface area contributed by atoms with Crippen LogP contribution in [-0.2, 0) is 7.05 Å². The maximum absolute atomic E-state index is 14.8. The molecule has 0 aliphatic heterocycles. The molecule has 1 heterocycles. The summed E-state index contributed by atoms with van der Waals surface area (Å²) in [7, 11) is 1.88. The van der Waals surface area contributed by atoms with Crippen LogP contribution in [0.3, 0.4) is 0 Å². The Kier molecular flexibility index (Phi) is 6.20. The fourth-order valence-electron chi connectivity index (χ4n) is 4.58. The van der Waals surface area contributed by atoms with E-state index in [-0.39, 0.29) is 0 Å². The SMILES string of the molecule is Cc1cc(F)cc(F)c1-n1cc(-c2c(C(C)C)cc(-c3ccccc3)cc2C(C)C)c[n+]1C. The minimum absolute atomic E-state index is 0.305. The smallest absolute Gasteiger partial charge is 0.203 e. The zero-order chi connectivity index (χ0) is 23.9. The van der Waals surface area contributed by atoms with Crippen LogP contribution in [0, 0.1) is 18.6 Å². The average Bonchev–Trinajstić information content (AvgIpc) is 3.13. The van der Waals surface area contributed by atoms with Crippen LogP contribution in [0.4, 0.5) is 8.78 Å². The number of benzene rings is 3. The third kappa shape index (κ3) is 4.35. The van der Waals surface area contributed by atoms with Gasteiger partial charge >= 0.3 is 0 Å². The molecule has 0 bridgehead atoms. The van der Waals surface area contributed by atoms with Gasteiger partial charge in [0.15, 0.2) is 12.9 Å². The van der Waals surface area contributed by atoms with Gasteiger partial charge in [-0.2, -0.15) is 0 Å². The molecule has 33 heavy (non-hydrogen) atoms. The summed E-state index contributed by atoms with van der Waals surface area (Å²) in [5, 5.41) is 0. The van der Waals surface area contributed by atoms with Gasteiger partial charge in [-0.1, -0.05) is 70.2 Å². The largest absolute Gasteiger partial charge is 0.207 e. The average molecular weight is 446 g/mol.